The van der Waals surface area contributed by atoms with Gasteiger partial charge in [-0.1, -0.05) is 0 Å². The Morgan fingerprint density at radius 1 is 1.55 bits per heavy atom. The summed E-state index contributed by atoms with van der Waals surface area (Å²) in [5.41, 5.74) is 5.37. The lowest BCUT2D eigenvalue weighted by atomic mass is 10.2. The van der Waals surface area contributed by atoms with E-state index in [-0.39, 0.29) is 6.04 Å². The normalized spacial score (nSPS) is 13.2. The number of amides is 1. The lowest BCUT2D eigenvalue weighted by Gasteiger charge is -2.27. The summed E-state index contributed by atoms with van der Waals surface area (Å²) in [5.74, 6) is 0.987. The van der Waals surface area contributed by atoms with Crippen molar-refractivity contribution in [1.82, 2.24) is 19.8 Å². The molecule has 0 bridgehead atoms. The zero-order valence-electron chi connectivity index (χ0n) is 14.3. The number of nitrogens with zero attached hydrogens (tertiary/aromatic N) is 3. The SMILES string of the molecule is CN(Cc1nccn1C)C(CN)CCNC(=O)OC(C)(C)C. The van der Waals surface area contributed by atoms with Crippen LogP contribution in [-0.4, -0.2) is 52.3 Å². The molecular formula is C15H29N5O2. The maximum Gasteiger partial charge on any atom is 0.407 e. The third kappa shape index (κ3) is 6.44. The summed E-state index contributed by atoms with van der Waals surface area (Å²) in [7, 11) is 3.98. The minimum Gasteiger partial charge on any atom is -0.444 e. The second-order valence-electron chi connectivity index (χ2n) is 6.48. The van der Waals surface area contributed by atoms with E-state index in [1.54, 1.807) is 6.20 Å². The molecule has 7 nitrogen and oxygen atoms in total. The van der Waals surface area contributed by atoms with E-state index >= 15 is 0 Å². The molecule has 0 aliphatic carbocycles. The van der Waals surface area contributed by atoms with Gasteiger partial charge in [-0.25, -0.2) is 9.78 Å². The summed E-state index contributed by atoms with van der Waals surface area (Å²) in [6, 6.07) is 0.173. The number of hydrogen-bond donors (Lipinski definition) is 2. The molecule has 0 spiro atoms. The number of likely N-dealkylation sites (N-methyl/N-ethyl adjacent to an activating group) is 1. The molecule has 126 valence electrons. The number of alkyl carbamates (subject to hydrolysis) is 1. The Kier molecular flexibility index (Phi) is 6.83. The molecule has 22 heavy (non-hydrogen) atoms. The Morgan fingerprint density at radius 3 is 2.73 bits per heavy atom. The van der Waals surface area contributed by atoms with Crippen molar-refractivity contribution in [3.8, 4) is 0 Å². The zero-order chi connectivity index (χ0) is 16.8. The molecule has 0 saturated carbocycles. The molecular weight excluding hydrogens is 282 g/mol. The fourth-order valence-corrected chi connectivity index (χ4v) is 2.07. The van der Waals surface area contributed by atoms with Crippen molar-refractivity contribution < 1.29 is 9.53 Å². The van der Waals surface area contributed by atoms with Crippen LogP contribution >= 0.6 is 0 Å². The minimum absolute atomic E-state index is 0.173. The quantitative estimate of drug-likeness (QED) is 0.787. The fourth-order valence-electron chi connectivity index (χ4n) is 2.07. The summed E-state index contributed by atoms with van der Waals surface area (Å²) in [4.78, 5) is 18.1. The van der Waals surface area contributed by atoms with E-state index in [0.29, 0.717) is 13.1 Å². The van der Waals surface area contributed by atoms with Crippen molar-refractivity contribution >= 4 is 6.09 Å². The number of carbonyl (C=O) groups is 1. The van der Waals surface area contributed by atoms with Crippen LogP contribution in [0, 0.1) is 0 Å². The molecule has 0 radical (unpaired) electrons. The van der Waals surface area contributed by atoms with Crippen molar-refractivity contribution in [2.75, 3.05) is 20.1 Å². The van der Waals surface area contributed by atoms with Crippen LogP contribution in [0.5, 0.6) is 0 Å². The maximum absolute atomic E-state index is 11.6. The van der Waals surface area contributed by atoms with Crippen molar-refractivity contribution in [2.45, 2.75) is 45.4 Å². The Bertz CT molecular complexity index is 467. The first-order valence-corrected chi connectivity index (χ1v) is 7.56. The topological polar surface area (TPSA) is 85.4 Å². The second kappa shape index (κ2) is 8.14. The van der Waals surface area contributed by atoms with Crippen molar-refractivity contribution in [3.63, 3.8) is 0 Å². The predicted molar refractivity (Wildman–Crippen MR) is 86.4 cm³/mol. The lowest BCUT2D eigenvalue weighted by Crippen LogP contribution is -2.41. The first-order chi connectivity index (χ1) is 10.2. The molecule has 1 unspecified atom stereocenters. The van der Waals surface area contributed by atoms with Gasteiger partial charge in [0, 0.05) is 38.6 Å². The molecule has 0 aliphatic rings. The summed E-state index contributed by atoms with van der Waals surface area (Å²) in [6.07, 6.45) is 4.07. The Morgan fingerprint density at radius 2 is 2.23 bits per heavy atom. The van der Waals surface area contributed by atoms with E-state index in [9.17, 15) is 4.79 Å². The molecule has 1 heterocycles. The molecule has 1 aromatic rings. The Hall–Kier alpha value is -1.60. The third-order valence-electron chi connectivity index (χ3n) is 3.35. The smallest absolute Gasteiger partial charge is 0.407 e. The van der Waals surface area contributed by atoms with Gasteiger partial charge in [0.15, 0.2) is 0 Å². The van der Waals surface area contributed by atoms with Crippen LogP contribution in [0.3, 0.4) is 0 Å². The maximum atomic E-state index is 11.6. The minimum atomic E-state index is -0.480. The molecule has 1 atom stereocenters. The van der Waals surface area contributed by atoms with Crippen LogP contribution < -0.4 is 11.1 Å². The van der Waals surface area contributed by atoms with Gasteiger partial charge in [0.25, 0.3) is 0 Å². The van der Waals surface area contributed by atoms with Crippen molar-refractivity contribution in [3.05, 3.63) is 18.2 Å². The number of nitrogens with one attached hydrogen (secondary N) is 1. The highest BCUT2D eigenvalue weighted by molar-refractivity contribution is 5.67. The van der Waals surface area contributed by atoms with Gasteiger partial charge in [-0.3, -0.25) is 4.90 Å². The van der Waals surface area contributed by atoms with Gasteiger partial charge in [0.2, 0.25) is 0 Å². The van der Waals surface area contributed by atoms with E-state index in [0.717, 1.165) is 18.8 Å². The molecule has 0 aromatic carbocycles. The average Bonchev–Trinajstić information content (AvgIpc) is 2.78. The summed E-state index contributed by atoms with van der Waals surface area (Å²) in [5, 5.41) is 2.76. The predicted octanol–water partition coefficient (Wildman–Crippen LogP) is 1.09. The van der Waals surface area contributed by atoms with Gasteiger partial charge < -0.3 is 20.4 Å². The van der Waals surface area contributed by atoms with Crippen LogP contribution in [0.15, 0.2) is 12.4 Å². The molecule has 1 amide bonds. The number of ether oxygens (including phenoxy) is 1. The van der Waals surface area contributed by atoms with E-state index in [4.69, 9.17) is 10.5 Å². The van der Waals surface area contributed by atoms with Crippen molar-refractivity contribution in [2.24, 2.45) is 12.8 Å². The van der Waals surface area contributed by atoms with Gasteiger partial charge in [-0.2, -0.15) is 0 Å². The van der Waals surface area contributed by atoms with Gasteiger partial charge in [-0.15, -0.1) is 0 Å². The highest BCUT2D eigenvalue weighted by Gasteiger charge is 2.18. The summed E-state index contributed by atoms with van der Waals surface area (Å²) >= 11 is 0. The standard InChI is InChI=1S/C15H29N5O2/c1-15(2,3)22-14(21)18-7-6-12(10-16)20(5)11-13-17-8-9-19(13)4/h8-9,12H,6-7,10-11,16H2,1-5H3,(H,18,21). The first kappa shape index (κ1) is 18.4. The van der Waals surface area contributed by atoms with Crippen LogP contribution in [0.1, 0.15) is 33.0 Å². The highest BCUT2D eigenvalue weighted by Crippen LogP contribution is 2.08. The summed E-state index contributed by atoms with van der Waals surface area (Å²) in [6.45, 7) is 7.30. The van der Waals surface area contributed by atoms with Crippen LogP contribution in [0.2, 0.25) is 0 Å². The zero-order valence-corrected chi connectivity index (χ0v) is 14.3. The Labute approximate surface area is 132 Å². The molecule has 0 saturated heterocycles. The molecule has 7 heteroatoms. The highest BCUT2D eigenvalue weighted by atomic mass is 16.6. The summed E-state index contributed by atoms with van der Waals surface area (Å²) < 4.78 is 7.20. The van der Waals surface area contributed by atoms with Crippen LogP contribution in [0.25, 0.3) is 0 Å². The van der Waals surface area contributed by atoms with Gasteiger partial charge >= 0.3 is 6.09 Å². The average molecular weight is 311 g/mol. The van der Waals surface area contributed by atoms with E-state index in [2.05, 4.69) is 15.2 Å². The van der Waals surface area contributed by atoms with Crippen LogP contribution in [-0.2, 0) is 18.3 Å². The molecule has 0 aliphatic heterocycles. The molecule has 3 N–H and O–H groups in total. The molecule has 1 aromatic heterocycles. The monoisotopic (exact) mass is 311 g/mol. The second-order valence-corrected chi connectivity index (χ2v) is 6.48. The number of rotatable bonds is 7. The fraction of sp³-hybridized carbons (Fsp3) is 0.733. The van der Waals surface area contributed by atoms with E-state index in [1.165, 1.54) is 0 Å². The molecule has 1 rings (SSSR count). The van der Waals surface area contributed by atoms with Gasteiger partial charge in [-0.05, 0) is 34.2 Å². The molecule has 0 fully saturated rings. The van der Waals surface area contributed by atoms with E-state index < -0.39 is 11.7 Å². The first-order valence-electron chi connectivity index (χ1n) is 7.56. The van der Waals surface area contributed by atoms with Gasteiger partial charge in [0.05, 0.1) is 6.54 Å². The van der Waals surface area contributed by atoms with Gasteiger partial charge in [0.1, 0.15) is 11.4 Å². The number of carbonyl (C=O) groups excluding carboxylic acids is 1. The number of hydrogen-bond acceptors (Lipinski definition) is 5. The lowest BCUT2D eigenvalue weighted by molar-refractivity contribution is 0.0522. The van der Waals surface area contributed by atoms with Crippen molar-refractivity contribution in [1.29, 1.82) is 0 Å². The van der Waals surface area contributed by atoms with Crippen LogP contribution in [0.4, 0.5) is 4.79 Å². The Balaban J connectivity index is 2.38. The largest absolute Gasteiger partial charge is 0.444 e. The number of nitrogens with two attached hydrogens (primary N) is 1. The number of aromatic nitrogens is 2. The van der Waals surface area contributed by atoms with E-state index in [1.807, 2.05) is 45.6 Å². The number of imidazole rings is 1. The number of aryl methyl sites for hydroxylation is 1. The third-order valence-corrected chi connectivity index (χ3v) is 3.35.